The number of rotatable bonds is 13. The number of carbonyl (C=O) groups is 2. The first-order chi connectivity index (χ1) is 18.5. The van der Waals surface area contributed by atoms with Gasteiger partial charge in [-0.05, 0) is 74.0 Å². The molecule has 0 bridgehead atoms. The molecule has 1 amide bonds. The molecular weight excluding hydrogens is 506 g/mol. The number of nitrogens with one attached hydrogen (secondary N) is 1. The predicted molar refractivity (Wildman–Crippen MR) is 160 cm³/mol. The zero-order valence-electron chi connectivity index (χ0n) is 26.9. The molecule has 0 unspecified atom stereocenters. The van der Waals surface area contributed by atoms with Gasteiger partial charge in [-0.3, -0.25) is 4.79 Å². The molecule has 1 saturated heterocycles. The van der Waals surface area contributed by atoms with Crippen molar-refractivity contribution in [3.8, 4) is 5.75 Å². The number of cyclic esters (lactones) is 1. The molecule has 0 saturated carbocycles. The van der Waals surface area contributed by atoms with Crippen LogP contribution in [0.15, 0.2) is 18.2 Å². The van der Waals surface area contributed by atoms with Crippen LogP contribution in [0, 0.1) is 29.6 Å². The van der Waals surface area contributed by atoms with Crippen LogP contribution in [-0.2, 0) is 30.8 Å². The summed E-state index contributed by atoms with van der Waals surface area (Å²) in [5, 5.41) is 3.14. The van der Waals surface area contributed by atoms with Gasteiger partial charge >= 0.3 is 12.1 Å². The molecular formula is C33H55NO6. The van der Waals surface area contributed by atoms with Crippen molar-refractivity contribution in [3.05, 3.63) is 29.3 Å². The zero-order chi connectivity index (χ0) is 30.3. The molecule has 4 atom stereocenters. The van der Waals surface area contributed by atoms with Crippen LogP contribution in [0.25, 0.3) is 0 Å². The number of benzene rings is 1. The summed E-state index contributed by atoms with van der Waals surface area (Å²) in [6.45, 7) is 22.3. The van der Waals surface area contributed by atoms with Crippen LogP contribution < -0.4 is 10.1 Å². The molecule has 0 radical (unpaired) electrons. The van der Waals surface area contributed by atoms with E-state index < -0.39 is 11.7 Å². The van der Waals surface area contributed by atoms with Crippen LogP contribution in [0.3, 0.4) is 0 Å². The summed E-state index contributed by atoms with van der Waals surface area (Å²) in [5.41, 5.74) is 1.72. The smallest absolute Gasteiger partial charge is 0.407 e. The first-order valence-electron chi connectivity index (χ1n) is 14.9. The van der Waals surface area contributed by atoms with Crippen molar-refractivity contribution in [2.45, 2.75) is 106 Å². The van der Waals surface area contributed by atoms with Gasteiger partial charge in [-0.1, -0.05) is 60.6 Å². The molecule has 0 aromatic heterocycles. The molecule has 0 aliphatic carbocycles. The lowest BCUT2D eigenvalue weighted by atomic mass is 9.75. The van der Waals surface area contributed by atoms with Crippen LogP contribution >= 0.6 is 0 Å². The van der Waals surface area contributed by atoms with Gasteiger partial charge in [0.25, 0.3) is 0 Å². The van der Waals surface area contributed by atoms with E-state index in [9.17, 15) is 9.59 Å². The number of esters is 1. The Morgan fingerprint density at radius 2 is 1.75 bits per heavy atom. The number of alkyl carbamates (subject to hydrolysis) is 1. The molecule has 0 spiro atoms. The number of amides is 1. The van der Waals surface area contributed by atoms with E-state index in [2.05, 4.69) is 58.1 Å². The quantitative estimate of drug-likeness (QED) is 0.207. The number of carbonyl (C=O) groups excluding carboxylic acids is 2. The first-order valence-corrected chi connectivity index (χ1v) is 14.9. The number of hydrogen-bond acceptors (Lipinski definition) is 6. The summed E-state index contributed by atoms with van der Waals surface area (Å²) in [6, 6.07) is 6.32. The summed E-state index contributed by atoms with van der Waals surface area (Å²) < 4.78 is 22.6. The van der Waals surface area contributed by atoms with Gasteiger partial charge in [-0.25, -0.2) is 4.79 Å². The maximum absolute atomic E-state index is 12.9. The van der Waals surface area contributed by atoms with Crippen LogP contribution in [-0.4, -0.2) is 50.6 Å². The fraction of sp³-hybridized carbons (Fsp3) is 0.758. The third-order valence-electron chi connectivity index (χ3n) is 7.69. The van der Waals surface area contributed by atoms with Crippen molar-refractivity contribution in [2.24, 2.45) is 29.6 Å². The van der Waals surface area contributed by atoms with Crippen LogP contribution in [0.4, 0.5) is 4.79 Å². The number of methoxy groups -OCH3 is 1. The lowest BCUT2D eigenvalue weighted by Crippen LogP contribution is -2.47. The van der Waals surface area contributed by atoms with E-state index >= 15 is 0 Å². The molecule has 1 fully saturated rings. The Bertz CT molecular complexity index is 959. The third-order valence-corrected chi connectivity index (χ3v) is 7.69. The minimum atomic E-state index is -0.611. The normalized spacial score (nSPS) is 19.5. The first kappa shape index (κ1) is 33.9. The van der Waals surface area contributed by atoms with Crippen LogP contribution in [0.1, 0.15) is 93.2 Å². The minimum Gasteiger partial charge on any atom is -0.493 e. The summed E-state index contributed by atoms with van der Waals surface area (Å²) in [5.74, 6) is 1.10. The van der Waals surface area contributed by atoms with Crippen molar-refractivity contribution >= 4 is 12.1 Å². The summed E-state index contributed by atoms with van der Waals surface area (Å²) in [6.07, 6.45) is 1.92. The summed E-state index contributed by atoms with van der Waals surface area (Å²) >= 11 is 0. The lowest BCUT2D eigenvalue weighted by molar-refractivity contribution is -0.142. The molecule has 40 heavy (non-hydrogen) atoms. The van der Waals surface area contributed by atoms with Gasteiger partial charge in [-0.2, -0.15) is 0 Å². The standard InChI is InChI=1S/C33H55NO6/c1-21(2)24(17-23-13-14-26(32(5,6)7)28(18-23)38-16-12-15-37-11)19-27(34-31(36)40-33(8,9)10)25-20-39-30(35)29(25)22(3)4/h13-14,18,21-22,24-25,27,29H,12,15-17,19-20H2,1-11H3,(H,34,36)/t24-,25+,27-,29-/m0/s1. The molecule has 7 nitrogen and oxygen atoms in total. The molecule has 1 aromatic carbocycles. The van der Waals surface area contributed by atoms with Gasteiger partial charge in [0, 0.05) is 32.1 Å². The highest BCUT2D eigenvalue weighted by atomic mass is 16.6. The molecule has 228 valence electrons. The van der Waals surface area contributed by atoms with E-state index in [1.54, 1.807) is 7.11 Å². The molecule has 1 aromatic rings. The summed E-state index contributed by atoms with van der Waals surface area (Å²) in [4.78, 5) is 25.6. The number of hydrogen-bond donors (Lipinski definition) is 1. The van der Waals surface area contributed by atoms with Gasteiger partial charge < -0.3 is 24.3 Å². The van der Waals surface area contributed by atoms with Crippen molar-refractivity contribution in [2.75, 3.05) is 26.9 Å². The van der Waals surface area contributed by atoms with E-state index in [4.69, 9.17) is 18.9 Å². The maximum Gasteiger partial charge on any atom is 0.407 e. The predicted octanol–water partition coefficient (Wildman–Crippen LogP) is 6.94. The van der Waals surface area contributed by atoms with E-state index in [0.717, 1.165) is 18.6 Å². The molecule has 1 aliphatic heterocycles. The average molecular weight is 562 g/mol. The summed E-state index contributed by atoms with van der Waals surface area (Å²) in [7, 11) is 1.70. The highest BCUT2D eigenvalue weighted by molar-refractivity contribution is 5.75. The Morgan fingerprint density at radius 3 is 2.30 bits per heavy atom. The third kappa shape index (κ3) is 10.3. The van der Waals surface area contributed by atoms with Crippen molar-refractivity contribution in [3.63, 3.8) is 0 Å². The van der Waals surface area contributed by atoms with E-state index in [0.29, 0.717) is 32.2 Å². The topological polar surface area (TPSA) is 83.1 Å². The zero-order valence-corrected chi connectivity index (χ0v) is 26.9. The van der Waals surface area contributed by atoms with Gasteiger partial charge in [0.1, 0.15) is 11.4 Å². The Balaban J connectivity index is 2.34. The van der Waals surface area contributed by atoms with Gasteiger partial charge in [0.2, 0.25) is 0 Å². The van der Waals surface area contributed by atoms with Crippen LogP contribution in [0.2, 0.25) is 0 Å². The van der Waals surface area contributed by atoms with Crippen molar-refractivity contribution in [1.82, 2.24) is 5.32 Å². The Hall–Kier alpha value is -2.28. The SMILES string of the molecule is COCCCOc1cc(C[C@@H](C[C@H](NC(=O)OC(C)(C)C)[C@H]2COC(=O)[C@H]2C(C)C)C(C)C)ccc1C(C)(C)C. The lowest BCUT2D eigenvalue weighted by Gasteiger charge is -2.33. The van der Waals surface area contributed by atoms with E-state index in [1.165, 1.54) is 11.1 Å². The van der Waals surface area contributed by atoms with Gasteiger partial charge in [0.15, 0.2) is 0 Å². The second kappa shape index (κ2) is 14.6. The maximum atomic E-state index is 12.9. The Labute approximate surface area is 243 Å². The fourth-order valence-corrected chi connectivity index (χ4v) is 5.52. The monoisotopic (exact) mass is 561 g/mol. The largest absolute Gasteiger partial charge is 0.493 e. The number of ether oxygens (including phenoxy) is 4. The fourth-order valence-electron chi connectivity index (χ4n) is 5.52. The van der Waals surface area contributed by atoms with Crippen molar-refractivity contribution in [1.29, 1.82) is 0 Å². The van der Waals surface area contributed by atoms with Crippen LogP contribution in [0.5, 0.6) is 5.75 Å². The molecule has 1 N–H and O–H groups in total. The second-order valence-electron chi connectivity index (χ2n) is 14.0. The Kier molecular flexibility index (Phi) is 12.4. The molecule has 2 rings (SSSR count). The molecule has 7 heteroatoms. The van der Waals surface area contributed by atoms with E-state index in [1.807, 2.05) is 34.6 Å². The second-order valence-corrected chi connectivity index (χ2v) is 14.0. The average Bonchev–Trinajstić information content (AvgIpc) is 3.20. The van der Waals surface area contributed by atoms with E-state index in [-0.39, 0.29) is 41.1 Å². The molecule has 1 aliphatic rings. The van der Waals surface area contributed by atoms with Gasteiger partial charge in [0.05, 0.1) is 19.1 Å². The molecule has 1 heterocycles. The van der Waals surface area contributed by atoms with Crippen molar-refractivity contribution < 1.29 is 28.5 Å². The van der Waals surface area contributed by atoms with Gasteiger partial charge in [-0.15, -0.1) is 0 Å². The highest BCUT2D eigenvalue weighted by Gasteiger charge is 2.44. The minimum absolute atomic E-state index is 0.0458. The highest BCUT2D eigenvalue weighted by Crippen LogP contribution is 2.37. The Morgan fingerprint density at radius 1 is 1.07 bits per heavy atom.